The molecule has 0 amide bonds. The molecular formula is C18H12Cl2N4O3S. The van der Waals surface area contributed by atoms with Crippen molar-refractivity contribution in [3.63, 3.8) is 0 Å². The van der Waals surface area contributed by atoms with E-state index in [4.69, 9.17) is 49.0 Å². The van der Waals surface area contributed by atoms with Crippen LogP contribution >= 0.6 is 35.4 Å². The predicted octanol–water partition coefficient (Wildman–Crippen LogP) is 5.56. The number of hydrogen-bond acceptors (Lipinski definition) is 6. The van der Waals surface area contributed by atoms with E-state index in [0.29, 0.717) is 43.7 Å². The molecule has 7 nitrogen and oxygen atoms in total. The van der Waals surface area contributed by atoms with Crippen molar-refractivity contribution in [3.05, 3.63) is 75.1 Å². The molecule has 0 aliphatic heterocycles. The van der Waals surface area contributed by atoms with Crippen molar-refractivity contribution in [1.29, 1.82) is 0 Å². The first kappa shape index (κ1) is 18.5. The molecule has 0 aliphatic carbocycles. The SMILES string of the molecule is S=c1[nH]nc(-c2ccco2)n1/N=C\c1ccc(COc2cccc(Cl)c2Cl)o1. The molecule has 1 N–H and O–H groups in total. The molecule has 10 heteroatoms. The Labute approximate surface area is 174 Å². The topological polar surface area (TPSA) is 81.5 Å². The summed E-state index contributed by atoms with van der Waals surface area (Å²) >= 11 is 17.3. The Morgan fingerprint density at radius 1 is 1.21 bits per heavy atom. The monoisotopic (exact) mass is 434 g/mol. The van der Waals surface area contributed by atoms with Crippen LogP contribution in [0.1, 0.15) is 11.5 Å². The summed E-state index contributed by atoms with van der Waals surface area (Å²) in [5.74, 6) is 2.59. The van der Waals surface area contributed by atoms with Crippen molar-refractivity contribution in [3.8, 4) is 17.3 Å². The maximum atomic E-state index is 6.11. The number of benzene rings is 1. The standard InChI is InChI=1S/C18H12Cl2N4O3S/c19-13-3-1-4-14(16(13)20)26-10-12-7-6-11(27-12)9-21-24-17(22-23-18(24)28)15-5-2-8-25-15/h1-9H,10H2,(H,23,28)/b21-9-. The Balaban J connectivity index is 1.48. The van der Waals surface area contributed by atoms with Gasteiger partial charge in [-0.25, -0.2) is 5.10 Å². The van der Waals surface area contributed by atoms with Crippen LogP contribution in [0.2, 0.25) is 10.0 Å². The van der Waals surface area contributed by atoms with E-state index in [-0.39, 0.29) is 6.61 Å². The summed E-state index contributed by atoms with van der Waals surface area (Å²) in [4.78, 5) is 0. The number of hydrogen-bond donors (Lipinski definition) is 1. The van der Waals surface area contributed by atoms with Crippen LogP contribution < -0.4 is 4.74 Å². The van der Waals surface area contributed by atoms with Crippen molar-refractivity contribution < 1.29 is 13.6 Å². The summed E-state index contributed by atoms with van der Waals surface area (Å²) in [5.41, 5.74) is 0. The third-order valence-electron chi connectivity index (χ3n) is 3.66. The predicted molar refractivity (Wildman–Crippen MR) is 108 cm³/mol. The van der Waals surface area contributed by atoms with E-state index in [0.717, 1.165) is 0 Å². The first-order chi connectivity index (χ1) is 13.6. The number of rotatable bonds is 6. The van der Waals surface area contributed by atoms with Crippen molar-refractivity contribution >= 4 is 41.6 Å². The number of furan rings is 2. The molecule has 0 aliphatic rings. The lowest BCUT2D eigenvalue weighted by Gasteiger charge is -2.06. The fourth-order valence-electron chi connectivity index (χ4n) is 2.36. The second-order valence-corrected chi connectivity index (χ2v) is 6.70. The van der Waals surface area contributed by atoms with Crippen LogP contribution in [0.4, 0.5) is 0 Å². The van der Waals surface area contributed by atoms with Gasteiger partial charge in [0.15, 0.2) is 5.76 Å². The first-order valence-corrected chi connectivity index (χ1v) is 9.19. The lowest BCUT2D eigenvalue weighted by atomic mass is 10.3. The molecule has 142 valence electrons. The highest BCUT2D eigenvalue weighted by molar-refractivity contribution is 7.71. The summed E-state index contributed by atoms with van der Waals surface area (Å²) in [5, 5.41) is 11.9. The van der Waals surface area contributed by atoms with Crippen LogP contribution in [-0.4, -0.2) is 21.1 Å². The highest BCUT2D eigenvalue weighted by Gasteiger charge is 2.11. The fourth-order valence-corrected chi connectivity index (χ4v) is 2.89. The maximum absolute atomic E-state index is 6.11. The molecule has 0 saturated carbocycles. The van der Waals surface area contributed by atoms with E-state index < -0.39 is 0 Å². The summed E-state index contributed by atoms with van der Waals surface area (Å²) in [6, 6.07) is 12.2. The highest BCUT2D eigenvalue weighted by Crippen LogP contribution is 2.32. The molecule has 4 rings (SSSR count). The van der Waals surface area contributed by atoms with Crippen LogP contribution in [0.25, 0.3) is 11.6 Å². The molecule has 0 spiro atoms. The van der Waals surface area contributed by atoms with E-state index in [1.165, 1.54) is 10.9 Å². The summed E-state index contributed by atoms with van der Waals surface area (Å²) in [7, 11) is 0. The van der Waals surface area contributed by atoms with Crippen LogP contribution in [0.3, 0.4) is 0 Å². The minimum absolute atomic E-state index is 0.191. The van der Waals surface area contributed by atoms with Gasteiger partial charge in [-0.3, -0.25) is 0 Å². The molecule has 3 aromatic heterocycles. The molecule has 0 fully saturated rings. The molecule has 0 atom stereocenters. The van der Waals surface area contributed by atoms with E-state index in [1.807, 2.05) is 0 Å². The van der Waals surface area contributed by atoms with Gasteiger partial charge in [0.2, 0.25) is 10.6 Å². The molecule has 28 heavy (non-hydrogen) atoms. The lowest BCUT2D eigenvalue weighted by Crippen LogP contribution is -1.95. The average molecular weight is 435 g/mol. The van der Waals surface area contributed by atoms with Gasteiger partial charge >= 0.3 is 0 Å². The zero-order valence-corrected chi connectivity index (χ0v) is 16.5. The smallest absolute Gasteiger partial charge is 0.219 e. The Kier molecular flexibility index (Phi) is 5.34. The number of aromatic amines is 1. The largest absolute Gasteiger partial charge is 0.484 e. The zero-order valence-electron chi connectivity index (χ0n) is 14.1. The van der Waals surface area contributed by atoms with E-state index in [1.54, 1.807) is 48.7 Å². The molecule has 0 saturated heterocycles. The lowest BCUT2D eigenvalue weighted by molar-refractivity contribution is 0.270. The van der Waals surface area contributed by atoms with Gasteiger partial charge in [0.05, 0.1) is 17.5 Å². The third-order valence-corrected chi connectivity index (χ3v) is 4.73. The average Bonchev–Trinajstić information content (AvgIpc) is 3.42. The summed E-state index contributed by atoms with van der Waals surface area (Å²) < 4.78 is 18.5. The second-order valence-electron chi connectivity index (χ2n) is 5.53. The Hall–Kier alpha value is -2.81. The van der Waals surface area contributed by atoms with Gasteiger partial charge in [-0.15, -0.1) is 5.10 Å². The normalized spacial score (nSPS) is 11.4. The number of H-pyrrole nitrogens is 1. The fraction of sp³-hybridized carbons (Fsp3) is 0.0556. The van der Waals surface area contributed by atoms with Gasteiger partial charge < -0.3 is 13.6 Å². The van der Waals surface area contributed by atoms with E-state index in [9.17, 15) is 0 Å². The van der Waals surface area contributed by atoms with Crippen LogP contribution in [0, 0.1) is 4.77 Å². The Morgan fingerprint density at radius 2 is 2.11 bits per heavy atom. The number of halogens is 2. The molecular weight excluding hydrogens is 423 g/mol. The van der Waals surface area contributed by atoms with E-state index >= 15 is 0 Å². The third kappa shape index (κ3) is 3.89. The minimum atomic E-state index is 0.191. The molecule has 4 aromatic rings. The van der Waals surface area contributed by atoms with Gasteiger partial charge in [0.1, 0.15) is 28.9 Å². The molecule has 0 bridgehead atoms. The number of ether oxygens (including phenoxy) is 1. The Morgan fingerprint density at radius 3 is 2.93 bits per heavy atom. The first-order valence-electron chi connectivity index (χ1n) is 8.03. The number of aromatic nitrogens is 3. The summed E-state index contributed by atoms with van der Waals surface area (Å²) in [6.07, 6.45) is 3.07. The number of nitrogens with one attached hydrogen (secondary N) is 1. The van der Waals surface area contributed by atoms with Crippen LogP contribution in [0.15, 0.2) is 62.7 Å². The molecule has 1 aromatic carbocycles. The summed E-state index contributed by atoms with van der Waals surface area (Å²) in [6.45, 7) is 0.191. The maximum Gasteiger partial charge on any atom is 0.219 e. The molecule has 0 unspecified atom stereocenters. The second kappa shape index (κ2) is 8.05. The van der Waals surface area contributed by atoms with Gasteiger partial charge in [-0.2, -0.15) is 9.78 Å². The highest BCUT2D eigenvalue weighted by atomic mass is 35.5. The van der Waals surface area contributed by atoms with E-state index in [2.05, 4.69) is 15.3 Å². The molecule has 0 radical (unpaired) electrons. The van der Waals surface area contributed by atoms with Crippen LogP contribution in [0.5, 0.6) is 5.75 Å². The van der Waals surface area contributed by atoms with Crippen molar-refractivity contribution in [2.24, 2.45) is 5.10 Å². The zero-order chi connectivity index (χ0) is 19.5. The van der Waals surface area contributed by atoms with Crippen LogP contribution in [-0.2, 0) is 6.61 Å². The van der Waals surface area contributed by atoms with Crippen molar-refractivity contribution in [2.45, 2.75) is 6.61 Å². The van der Waals surface area contributed by atoms with Gasteiger partial charge in [-0.1, -0.05) is 29.3 Å². The van der Waals surface area contributed by atoms with Gasteiger partial charge in [-0.05, 0) is 48.6 Å². The Bertz CT molecular complexity index is 1180. The molecule has 3 heterocycles. The quantitative estimate of drug-likeness (QED) is 0.317. The van der Waals surface area contributed by atoms with Crippen molar-refractivity contribution in [1.82, 2.24) is 14.9 Å². The van der Waals surface area contributed by atoms with Gasteiger partial charge in [0, 0.05) is 0 Å². The van der Waals surface area contributed by atoms with Gasteiger partial charge in [0.25, 0.3) is 0 Å². The van der Waals surface area contributed by atoms with Crippen molar-refractivity contribution in [2.75, 3.05) is 0 Å². The minimum Gasteiger partial charge on any atom is -0.484 e. The number of nitrogens with zero attached hydrogens (tertiary/aromatic N) is 3.